The Morgan fingerprint density at radius 3 is 0.984 bits per heavy atom. The van der Waals surface area contributed by atoms with Crippen LogP contribution in [-0.4, -0.2) is 46.1 Å². The van der Waals surface area contributed by atoms with Gasteiger partial charge in [-0.3, -0.25) is 4.79 Å². The molecule has 3 atom stereocenters. The Morgan fingerprint density at radius 2 is 0.661 bits per heavy atom. The van der Waals surface area contributed by atoms with Crippen LogP contribution >= 0.6 is 0 Å². The molecule has 0 rings (SSSR count). The number of aliphatic hydroxyl groups is 3. The molecule has 0 saturated heterocycles. The van der Waals surface area contributed by atoms with E-state index in [9.17, 15) is 20.1 Å². The van der Waals surface area contributed by atoms with E-state index in [4.69, 9.17) is 0 Å². The zero-order valence-electron chi connectivity index (χ0n) is 42.0. The van der Waals surface area contributed by atoms with Crippen molar-refractivity contribution in [2.24, 2.45) is 0 Å². The van der Waals surface area contributed by atoms with E-state index in [1.165, 1.54) is 250 Å². The summed E-state index contributed by atoms with van der Waals surface area (Å²) in [5, 5.41) is 33.3. The van der Waals surface area contributed by atoms with Crippen LogP contribution in [0.1, 0.15) is 309 Å². The molecule has 0 aliphatic rings. The van der Waals surface area contributed by atoms with Gasteiger partial charge in [-0.2, -0.15) is 0 Å². The first-order valence-corrected chi connectivity index (χ1v) is 28.2. The summed E-state index contributed by atoms with van der Waals surface area (Å²) in [5.41, 5.74) is 0. The van der Waals surface area contributed by atoms with Gasteiger partial charge in [0.05, 0.1) is 18.8 Å². The van der Waals surface area contributed by atoms with Crippen molar-refractivity contribution in [3.05, 3.63) is 24.3 Å². The lowest BCUT2D eigenvalue weighted by Gasteiger charge is -2.21. The summed E-state index contributed by atoms with van der Waals surface area (Å²) in [4.78, 5) is 12.5. The van der Waals surface area contributed by atoms with Crippen molar-refractivity contribution in [2.75, 3.05) is 6.61 Å². The van der Waals surface area contributed by atoms with E-state index in [0.29, 0.717) is 6.42 Å². The third kappa shape index (κ3) is 46.8. The molecule has 0 aromatic heterocycles. The van der Waals surface area contributed by atoms with Gasteiger partial charge in [-0.1, -0.05) is 301 Å². The average molecular weight is 875 g/mol. The highest BCUT2D eigenvalue weighted by Gasteiger charge is 2.22. The number of amides is 1. The molecule has 0 spiro atoms. The SMILES string of the molecule is CCCCCCCCCCCCCCCCCC/C=C/CC/C=C/C(O)C(CO)NC(=O)C(O)CCCCCCCCCCCCCCCCCCCCCCCCCCCC. The predicted molar refractivity (Wildman–Crippen MR) is 273 cm³/mol. The van der Waals surface area contributed by atoms with E-state index >= 15 is 0 Å². The van der Waals surface area contributed by atoms with Crippen molar-refractivity contribution in [3.8, 4) is 0 Å². The van der Waals surface area contributed by atoms with Crippen molar-refractivity contribution in [1.82, 2.24) is 5.32 Å². The molecule has 0 aliphatic carbocycles. The first-order valence-electron chi connectivity index (χ1n) is 28.2. The van der Waals surface area contributed by atoms with Crippen LogP contribution in [0.15, 0.2) is 24.3 Å². The van der Waals surface area contributed by atoms with E-state index in [1.807, 2.05) is 6.08 Å². The maximum absolute atomic E-state index is 12.5. The van der Waals surface area contributed by atoms with Crippen LogP contribution in [0.5, 0.6) is 0 Å². The van der Waals surface area contributed by atoms with Crippen LogP contribution in [0.25, 0.3) is 0 Å². The lowest BCUT2D eigenvalue weighted by Crippen LogP contribution is -2.48. The van der Waals surface area contributed by atoms with Crippen molar-refractivity contribution < 1.29 is 20.1 Å². The zero-order valence-corrected chi connectivity index (χ0v) is 42.0. The number of carbonyl (C=O) groups excluding carboxylic acids is 1. The molecular weight excluding hydrogens is 763 g/mol. The smallest absolute Gasteiger partial charge is 0.249 e. The van der Waals surface area contributed by atoms with Gasteiger partial charge in [-0.05, 0) is 32.1 Å². The lowest BCUT2D eigenvalue weighted by atomic mass is 10.0. The third-order valence-electron chi connectivity index (χ3n) is 13.3. The second-order valence-corrected chi connectivity index (χ2v) is 19.5. The van der Waals surface area contributed by atoms with Gasteiger partial charge in [0.15, 0.2) is 0 Å². The summed E-state index contributed by atoms with van der Waals surface area (Å²) in [6, 6.07) is -0.812. The highest BCUT2D eigenvalue weighted by Crippen LogP contribution is 2.18. The number of hydrogen-bond acceptors (Lipinski definition) is 4. The molecule has 0 radical (unpaired) electrons. The Morgan fingerprint density at radius 1 is 0.387 bits per heavy atom. The molecule has 62 heavy (non-hydrogen) atoms. The molecule has 5 heteroatoms. The van der Waals surface area contributed by atoms with Gasteiger partial charge in [-0.15, -0.1) is 0 Å². The second-order valence-electron chi connectivity index (χ2n) is 19.5. The number of rotatable bonds is 52. The number of aliphatic hydroxyl groups excluding tert-OH is 3. The summed E-state index contributed by atoms with van der Waals surface area (Å²) in [7, 11) is 0. The molecule has 0 heterocycles. The fourth-order valence-electron chi connectivity index (χ4n) is 8.91. The van der Waals surface area contributed by atoms with E-state index in [2.05, 4.69) is 31.3 Å². The molecule has 3 unspecified atom stereocenters. The standard InChI is InChI=1S/C57H111NO4/c1-3-5-7-9-11-13-15-17-19-21-23-25-27-28-29-30-32-34-36-38-40-42-44-46-48-50-52-56(61)57(62)58-54(53-59)55(60)51-49-47-45-43-41-39-37-35-33-31-26-24-22-20-18-16-14-12-10-8-6-4-2/h41,43,49,51,54-56,59-61H,3-40,42,44-48,50,52-53H2,1-2H3,(H,58,62)/b43-41+,51-49+. The highest BCUT2D eigenvalue weighted by atomic mass is 16.3. The second kappa shape index (κ2) is 52.5. The van der Waals surface area contributed by atoms with Gasteiger partial charge in [-0.25, -0.2) is 0 Å². The molecule has 0 fully saturated rings. The monoisotopic (exact) mass is 874 g/mol. The minimum absolute atomic E-state index is 0.372. The lowest BCUT2D eigenvalue weighted by molar-refractivity contribution is -0.131. The molecule has 4 N–H and O–H groups in total. The Labute approximate surface area is 388 Å². The number of unbranched alkanes of at least 4 members (excludes halogenated alkanes) is 42. The van der Waals surface area contributed by atoms with Crippen molar-refractivity contribution in [3.63, 3.8) is 0 Å². The number of carbonyl (C=O) groups is 1. The highest BCUT2D eigenvalue weighted by molar-refractivity contribution is 5.80. The van der Waals surface area contributed by atoms with E-state index < -0.39 is 24.2 Å². The fraction of sp³-hybridized carbons (Fsp3) is 0.912. The molecule has 368 valence electrons. The van der Waals surface area contributed by atoms with E-state index in [-0.39, 0.29) is 6.61 Å². The largest absolute Gasteiger partial charge is 0.394 e. The number of hydrogen-bond donors (Lipinski definition) is 4. The first-order chi connectivity index (χ1) is 30.6. The van der Waals surface area contributed by atoms with Gasteiger partial charge in [0.1, 0.15) is 6.10 Å². The van der Waals surface area contributed by atoms with Crippen molar-refractivity contribution >= 4 is 5.91 Å². The summed E-state index contributed by atoms with van der Waals surface area (Å²) in [6.45, 7) is 4.21. The maximum Gasteiger partial charge on any atom is 0.249 e. The van der Waals surface area contributed by atoms with Crippen LogP contribution < -0.4 is 5.32 Å². The molecule has 1 amide bonds. The van der Waals surface area contributed by atoms with E-state index in [0.717, 1.165) is 38.5 Å². The van der Waals surface area contributed by atoms with Gasteiger partial charge >= 0.3 is 0 Å². The molecule has 0 aromatic rings. The van der Waals surface area contributed by atoms with Gasteiger partial charge < -0.3 is 20.6 Å². The van der Waals surface area contributed by atoms with Crippen molar-refractivity contribution in [2.45, 2.75) is 327 Å². The Hall–Kier alpha value is -1.17. The van der Waals surface area contributed by atoms with Crippen LogP contribution in [0.2, 0.25) is 0 Å². The summed E-state index contributed by atoms with van der Waals surface area (Å²) >= 11 is 0. The number of nitrogens with one attached hydrogen (secondary N) is 1. The summed E-state index contributed by atoms with van der Waals surface area (Å²) in [6.07, 6.45) is 66.9. The van der Waals surface area contributed by atoms with E-state index in [1.54, 1.807) is 6.08 Å². The summed E-state index contributed by atoms with van der Waals surface area (Å²) in [5.74, 6) is -0.506. The Kier molecular flexibility index (Phi) is 51.5. The topological polar surface area (TPSA) is 89.8 Å². The van der Waals surface area contributed by atoms with Crippen molar-refractivity contribution in [1.29, 1.82) is 0 Å². The van der Waals surface area contributed by atoms with Crippen LogP contribution in [0.4, 0.5) is 0 Å². The maximum atomic E-state index is 12.5. The normalized spacial score (nSPS) is 13.4. The summed E-state index contributed by atoms with van der Waals surface area (Å²) < 4.78 is 0. The van der Waals surface area contributed by atoms with Gasteiger partial charge in [0.25, 0.3) is 0 Å². The fourth-order valence-corrected chi connectivity index (χ4v) is 8.91. The quantitative estimate of drug-likeness (QED) is 0.0362. The minimum atomic E-state index is -1.10. The van der Waals surface area contributed by atoms with Gasteiger partial charge in [0.2, 0.25) is 5.91 Å². The zero-order chi connectivity index (χ0) is 45.1. The van der Waals surface area contributed by atoms with Crippen LogP contribution in [-0.2, 0) is 4.79 Å². The average Bonchev–Trinajstić information content (AvgIpc) is 3.28. The first kappa shape index (κ1) is 60.8. The molecule has 0 saturated carbocycles. The molecule has 0 aliphatic heterocycles. The molecular formula is C57H111NO4. The van der Waals surface area contributed by atoms with Crippen LogP contribution in [0, 0.1) is 0 Å². The molecule has 5 nitrogen and oxygen atoms in total. The Bertz CT molecular complexity index is 920. The third-order valence-corrected chi connectivity index (χ3v) is 13.3. The predicted octanol–water partition coefficient (Wildman–Crippen LogP) is 17.3. The number of allylic oxidation sites excluding steroid dienone is 3. The molecule has 0 bridgehead atoms. The Balaban J connectivity index is 3.57. The minimum Gasteiger partial charge on any atom is -0.394 e. The molecule has 0 aromatic carbocycles. The van der Waals surface area contributed by atoms with Gasteiger partial charge in [0, 0.05) is 0 Å². The van der Waals surface area contributed by atoms with Crippen LogP contribution in [0.3, 0.4) is 0 Å².